The molecule has 7 heteroatoms. The van der Waals surface area contributed by atoms with Gasteiger partial charge in [-0.2, -0.15) is 0 Å². The van der Waals surface area contributed by atoms with Crippen LogP contribution >= 0.6 is 11.8 Å². The van der Waals surface area contributed by atoms with E-state index in [4.69, 9.17) is 0 Å². The first-order valence-corrected chi connectivity index (χ1v) is 13.5. The molecule has 1 spiro atoms. The molecular formula is C28H33N3O3S. The predicted octanol–water partition coefficient (Wildman–Crippen LogP) is 4.58. The lowest BCUT2D eigenvalue weighted by Gasteiger charge is -2.38. The Kier molecular flexibility index (Phi) is 6.62. The number of thioether (sulfide) groups is 1. The summed E-state index contributed by atoms with van der Waals surface area (Å²) in [6.07, 6.45) is 2.37. The van der Waals surface area contributed by atoms with E-state index in [1.54, 1.807) is 11.8 Å². The van der Waals surface area contributed by atoms with E-state index in [-0.39, 0.29) is 34.8 Å². The van der Waals surface area contributed by atoms with E-state index in [9.17, 15) is 14.4 Å². The van der Waals surface area contributed by atoms with Gasteiger partial charge in [0, 0.05) is 31.7 Å². The number of para-hydroxylation sites is 1. The lowest BCUT2D eigenvalue weighted by atomic mass is 9.73. The number of carbonyl (C=O) groups excluding carboxylic acids is 3. The number of nitrogens with zero attached hydrogens (tertiary/aromatic N) is 2. The van der Waals surface area contributed by atoms with Gasteiger partial charge in [-0.1, -0.05) is 62.4 Å². The van der Waals surface area contributed by atoms with Crippen molar-refractivity contribution in [3.05, 3.63) is 65.7 Å². The van der Waals surface area contributed by atoms with E-state index in [1.807, 2.05) is 52.3 Å². The molecule has 0 aliphatic carbocycles. The standard InChI is InChI=1S/C28H33N3O3S/c1-19(2)12-15-31-25(33)23(35-26(31)20-8-4-3-5-9-20)18-24(32)30-16-13-28(14-17-30)21-10-6-7-11-22(21)29-27(28)34/h3-11,19,23,26H,12-18H2,1-2H3,(H,29,34). The van der Waals surface area contributed by atoms with Crippen LogP contribution in [-0.2, 0) is 19.8 Å². The smallest absolute Gasteiger partial charge is 0.237 e. The first kappa shape index (κ1) is 23.9. The minimum absolute atomic E-state index is 0.00918. The highest BCUT2D eigenvalue weighted by Crippen LogP contribution is 2.46. The molecule has 1 N–H and O–H groups in total. The van der Waals surface area contributed by atoms with Gasteiger partial charge in [-0.05, 0) is 42.4 Å². The van der Waals surface area contributed by atoms with Crippen LogP contribution in [0.25, 0.3) is 0 Å². The number of fused-ring (bicyclic) bond motifs is 2. The Morgan fingerprint density at radius 1 is 1.06 bits per heavy atom. The average molecular weight is 492 g/mol. The van der Waals surface area contributed by atoms with Crippen LogP contribution in [0.5, 0.6) is 0 Å². The molecule has 0 radical (unpaired) electrons. The first-order chi connectivity index (χ1) is 16.9. The van der Waals surface area contributed by atoms with Crippen molar-refractivity contribution in [3.63, 3.8) is 0 Å². The Morgan fingerprint density at radius 2 is 1.74 bits per heavy atom. The number of nitrogens with one attached hydrogen (secondary N) is 1. The maximum absolute atomic E-state index is 13.4. The minimum Gasteiger partial charge on any atom is -0.343 e. The quantitative estimate of drug-likeness (QED) is 0.642. The number of amides is 3. The molecule has 2 aromatic rings. The second-order valence-corrected chi connectivity index (χ2v) is 11.6. The third kappa shape index (κ3) is 4.46. The Balaban J connectivity index is 1.25. The third-order valence-corrected chi connectivity index (χ3v) is 9.10. The molecule has 3 heterocycles. The second kappa shape index (κ2) is 9.69. The van der Waals surface area contributed by atoms with Gasteiger partial charge in [0.25, 0.3) is 0 Å². The minimum atomic E-state index is -0.544. The highest BCUT2D eigenvalue weighted by atomic mass is 32.2. The Hall–Kier alpha value is -2.80. The molecular weight excluding hydrogens is 458 g/mol. The van der Waals surface area contributed by atoms with E-state index in [0.29, 0.717) is 38.4 Å². The summed E-state index contributed by atoms with van der Waals surface area (Å²) < 4.78 is 0. The molecule has 2 saturated heterocycles. The van der Waals surface area contributed by atoms with Gasteiger partial charge < -0.3 is 15.1 Å². The zero-order chi connectivity index (χ0) is 24.6. The van der Waals surface area contributed by atoms with Gasteiger partial charge in [0.05, 0.1) is 10.7 Å². The summed E-state index contributed by atoms with van der Waals surface area (Å²) in [5.74, 6) is 0.618. The molecule has 184 valence electrons. The van der Waals surface area contributed by atoms with E-state index in [0.717, 1.165) is 23.2 Å². The molecule has 2 unspecified atom stereocenters. The summed E-state index contributed by atoms with van der Waals surface area (Å²) in [5.41, 5.74) is 2.50. The van der Waals surface area contributed by atoms with Crippen LogP contribution in [0.4, 0.5) is 5.69 Å². The van der Waals surface area contributed by atoms with Gasteiger partial charge in [-0.15, -0.1) is 11.8 Å². The van der Waals surface area contributed by atoms with Crippen molar-refractivity contribution in [2.45, 2.75) is 55.6 Å². The fourth-order valence-corrected chi connectivity index (χ4v) is 6.99. The summed E-state index contributed by atoms with van der Waals surface area (Å²) in [5, 5.41) is 2.59. The molecule has 0 bridgehead atoms. The third-order valence-electron chi connectivity index (χ3n) is 7.62. The number of hydrogen-bond donors (Lipinski definition) is 1. The van der Waals surface area contributed by atoms with Crippen molar-refractivity contribution in [2.75, 3.05) is 25.0 Å². The fourth-order valence-electron chi connectivity index (χ4n) is 5.52. The Labute approximate surface area is 211 Å². The van der Waals surface area contributed by atoms with Gasteiger partial charge in [0.15, 0.2) is 0 Å². The molecule has 2 atom stereocenters. The van der Waals surface area contributed by atoms with Crippen molar-refractivity contribution in [1.29, 1.82) is 0 Å². The highest BCUT2D eigenvalue weighted by Gasteiger charge is 2.49. The molecule has 3 amide bonds. The highest BCUT2D eigenvalue weighted by molar-refractivity contribution is 8.01. The van der Waals surface area contributed by atoms with Crippen molar-refractivity contribution >= 4 is 35.2 Å². The molecule has 2 aromatic carbocycles. The van der Waals surface area contributed by atoms with Crippen LogP contribution in [0.1, 0.15) is 56.0 Å². The van der Waals surface area contributed by atoms with Gasteiger partial charge in [-0.3, -0.25) is 14.4 Å². The zero-order valence-corrected chi connectivity index (χ0v) is 21.2. The number of benzene rings is 2. The largest absolute Gasteiger partial charge is 0.343 e. The number of anilines is 1. The van der Waals surface area contributed by atoms with Crippen molar-refractivity contribution in [1.82, 2.24) is 9.80 Å². The summed E-state index contributed by atoms with van der Waals surface area (Å²) in [6, 6.07) is 18.0. The lowest BCUT2D eigenvalue weighted by Crippen LogP contribution is -2.49. The van der Waals surface area contributed by atoms with Crippen LogP contribution < -0.4 is 5.32 Å². The number of carbonyl (C=O) groups is 3. The molecule has 3 aliphatic rings. The van der Waals surface area contributed by atoms with E-state index in [1.165, 1.54) is 0 Å². The molecule has 2 fully saturated rings. The topological polar surface area (TPSA) is 69.7 Å². The van der Waals surface area contributed by atoms with Crippen LogP contribution in [-0.4, -0.2) is 52.4 Å². The van der Waals surface area contributed by atoms with E-state index in [2.05, 4.69) is 31.3 Å². The molecule has 6 nitrogen and oxygen atoms in total. The summed E-state index contributed by atoms with van der Waals surface area (Å²) in [4.78, 5) is 43.3. The van der Waals surface area contributed by atoms with E-state index < -0.39 is 5.41 Å². The molecule has 3 aliphatic heterocycles. The monoisotopic (exact) mass is 491 g/mol. The second-order valence-electron chi connectivity index (χ2n) is 10.3. The average Bonchev–Trinajstić information content (AvgIpc) is 3.32. The Morgan fingerprint density at radius 3 is 2.46 bits per heavy atom. The molecule has 0 saturated carbocycles. The van der Waals surface area contributed by atoms with Crippen LogP contribution in [0.3, 0.4) is 0 Å². The Bertz CT molecular complexity index is 1110. The van der Waals surface area contributed by atoms with Crippen molar-refractivity contribution in [2.24, 2.45) is 5.92 Å². The summed E-state index contributed by atoms with van der Waals surface area (Å²) in [7, 11) is 0. The van der Waals surface area contributed by atoms with Crippen molar-refractivity contribution in [3.8, 4) is 0 Å². The zero-order valence-electron chi connectivity index (χ0n) is 20.4. The number of likely N-dealkylation sites (tertiary alicyclic amines) is 1. The molecule has 0 aromatic heterocycles. The lowest BCUT2D eigenvalue weighted by molar-refractivity contribution is -0.138. The predicted molar refractivity (Wildman–Crippen MR) is 139 cm³/mol. The maximum atomic E-state index is 13.4. The van der Waals surface area contributed by atoms with Crippen molar-refractivity contribution < 1.29 is 14.4 Å². The number of piperidine rings is 1. The maximum Gasteiger partial charge on any atom is 0.237 e. The van der Waals surface area contributed by atoms with Gasteiger partial charge in [0.1, 0.15) is 5.37 Å². The summed E-state index contributed by atoms with van der Waals surface area (Å²) >= 11 is 1.60. The van der Waals surface area contributed by atoms with Crippen LogP contribution in [0.15, 0.2) is 54.6 Å². The number of hydrogen-bond acceptors (Lipinski definition) is 4. The van der Waals surface area contributed by atoms with E-state index >= 15 is 0 Å². The van der Waals surface area contributed by atoms with Crippen LogP contribution in [0.2, 0.25) is 0 Å². The first-order valence-electron chi connectivity index (χ1n) is 12.6. The SMILES string of the molecule is CC(C)CCN1C(=O)C(CC(=O)N2CCC3(CC2)C(=O)Nc2ccccc23)SC1c1ccccc1. The van der Waals surface area contributed by atoms with Gasteiger partial charge in [0.2, 0.25) is 17.7 Å². The fraction of sp³-hybridized carbons (Fsp3) is 0.464. The summed E-state index contributed by atoms with van der Waals surface area (Å²) in [6.45, 7) is 6.10. The van der Waals surface area contributed by atoms with Gasteiger partial charge in [-0.25, -0.2) is 0 Å². The van der Waals surface area contributed by atoms with Crippen LogP contribution in [0, 0.1) is 5.92 Å². The molecule has 35 heavy (non-hydrogen) atoms. The molecule has 5 rings (SSSR count). The normalized spacial score (nSPS) is 23.2. The van der Waals surface area contributed by atoms with Gasteiger partial charge >= 0.3 is 0 Å². The number of rotatable bonds is 6.